The van der Waals surface area contributed by atoms with Crippen molar-refractivity contribution < 1.29 is 8.42 Å². The van der Waals surface area contributed by atoms with Gasteiger partial charge in [0, 0.05) is 19.2 Å². The first-order chi connectivity index (χ1) is 9.81. The monoisotopic (exact) mass is 344 g/mol. The summed E-state index contributed by atoms with van der Waals surface area (Å²) < 4.78 is 28.1. The van der Waals surface area contributed by atoms with Gasteiger partial charge in [-0.1, -0.05) is 48.1 Å². The highest BCUT2D eigenvalue weighted by atomic mass is 35.5. The molecule has 0 amide bonds. The summed E-state index contributed by atoms with van der Waals surface area (Å²) in [6.45, 7) is 0.126. The average molecular weight is 345 g/mol. The Bertz CT molecular complexity index is 750. The zero-order valence-electron chi connectivity index (χ0n) is 11.1. The van der Waals surface area contributed by atoms with Crippen LogP contribution in [0.1, 0.15) is 11.1 Å². The first kappa shape index (κ1) is 15.9. The first-order valence-corrected chi connectivity index (χ1v) is 8.14. The van der Waals surface area contributed by atoms with Gasteiger partial charge in [0.25, 0.3) is 10.0 Å². The van der Waals surface area contributed by atoms with Crippen LogP contribution < -0.4 is 10.5 Å². The van der Waals surface area contributed by atoms with E-state index >= 15 is 0 Å². The third-order valence-corrected chi connectivity index (χ3v) is 4.94. The summed E-state index contributed by atoms with van der Waals surface area (Å²) in [5.41, 5.74) is 7.00. The third kappa shape index (κ3) is 3.59. The van der Waals surface area contributed by atoms with Crippen LogP contribution in [0, 0.1) is 0 Å². The van der Waals surface area contributed by atoms with Gasteiger partial charge in [-0.2, -0.15) is 5.10 Å². The molecule has 2 aromatic rings. The van der Waals surface area contributed by atoms with Crippen molar-refractivity contribution in [1.82, 2.24) is 14.5 Å². The maximum absolute atomic E-state index is 12.2. The quantitative estimate of drug-likeness (QED) is 0.795. The molecule has 0 bridgehead atoms. The number of rotatable bonds is 5. The van der Waals surface area contributed by atoms with E-state index in [1.165, 1.54) is 17.9 Å². The van der Waals surface area contributed by atoms with Gasteiger partial charge in [-0.15, -0.1) is 0 Å². The van der Waals surface area contributed by atoms with Crippen LogP contribution in [0.2, 0.25) is 5.02 Å². The lowest BCUT2D eigenvalue weighted by Crippen LogP contribution is -2.25. The second-order valence-corrected chi connectivity index (χ2v) is 6.84. The second-order valence-electron chi connectivity index (χ2n) is 4.31. The Hall–Kier alpha value is -1.48. The molecule has 0 saturated carbocycles. The van der Waals surface area contributed by atoms with Gasteiger partial charge >= 0.3 is 0 Å². The number of thiocarbonyl (C=S) groups is 1. The fourth-order valence-electron chi connectivity index (χ4n) is 1.74. The van der Waals surface area contributed by atoms with Crippen molar-refractivity contribution in [3.05, 3.63) is 46.6 Å². The predicted octanol–water partition coefficient (Wildman–Crippen LogP) is 1.19. The van der Waals surface area contributed by atoms with E-state index in [4.69, 9.17) is 29.6 Å². The normalized spacial score (nSPS) is 11.5. The molecule has 9 heteroatoms. The number of aryl methyl sites for hydroxylation is 1. The third-order valence-electron chi connectivity index (χ3n) is 2.80. The summed E-state index contributed by atoms with van der Waals surface area (Å²) in [6, 6.07) is 6.98. The van der Waals surface area contributed by atoms with Crippen molar-refractivity contribution in [3.8, 4) is 0 Å². The van der Waals surface area contributed by atoms with Crippen LogP contribution in [0.25, 0.3) is 0 Å². The lowest BCUT2D eigenvalue weighted by molar-refractivity contribution is 0.563. The number of hydrogen-bond acceptors (Lipinski definition) is 4. The molecule has 2 rings (SSSR count). The SMILES string of the molecule is Cn1ncc(Cl)c1S(=O)(=O)NCc1ccc(C(N)=S)cc1. The lowest BCUT2D eigenvalue weighted by atomic mass is 10.1. The van der Waals surface area contributed by atoms with Gasteiger partial charge in [-0.3, -0.25) is 4.68 Å². The van der Waals surface area contributed by atoms with Crippen LogP contribution in [0.3, 0.4) is 0 Å². The molecule has 6 nitrogen and oxygen atoms in total. The molecule has 0 fully saturated rings. The summed E-state index contributed by atoms with van der Waals surface area (Å²) in [5.74, 6) is 0. The van der Waals surface area contributed by atoms with Crippen LogP contribution in [-0.2, 0) is 23.6 Å². The van der Waals surface area contributed by atoms with E-state index in [1.54, 1.807) is 24.3 Å². The average Bonchev–Trinajstić information content (AvgIpc) is 2.77. The molecule has 112 valence electrons. The minimum absolute atomic E-state index is 0.0658. The molecule has 0 aliphatic rings. The zero-order valence-corrected chi connectivity index (χ0v) is 13.5. The molecule has 1 aromatic heterocycles. The Morgan fingerprint density at radius 1 is 1.43 bits per heavy atom. The minimum Gasteiger partial charge on any atom is -0.389 e. The van der Waals surface area contributed by atoms with Crippen LogP contribution in [0.5, 0.6) is 0 Å². The molecule has 0 atom stereocenters. The maximum Gasteiger partial charge on any atom is 0.259 e. The van der Waals surface area contributed by atoms with E-state index in [2.05, 4.69) is 9.82 Å². The molecule has 1 heterocycles. The van der Waals surface area contributed by atoms with Gasteiger partial charge in [0.1, 0.15) is 4.99 Å². The standard InChI is InChI=1S/C12H13ClN4O2S2/c1-17-12(10(13)7-15-17)21(18,19)16-6-8-2-4-9(5-3-8)11(14)20/h2-5,7,16H,6H2,1H3,(H2,14,20). The van der Waals surface area contributed by atoms with Crippen molar-refractivity contribution in [2.75, 3.05) is 0 Å². The smallest absolute Gasteiger partial charge is 0.259 e. The predicted molar refractivity (Wildman–Crippen MR) is 84.6 cm³/mol. The molecule has 3 N–H and O–H groups in total. The molecule has 0 aliphatic carbocycles. The molecular weight excluding hydrogens is 332 g/mol. The van der Waals surface area contributed by atoms with Gasteiger partial charge in [0.2, 0.25) is 0 Å². The maximum atomic E-state index is 12.2. The Balaban J connectivity index is 2.14. The Labute approximate surface area is 133 Å². The highest BCUT2D eigenvalue weighted by molar-refractivity contribution is 7.89. The number of nitrogens with zero attached hydrogens (tertiary/aromatic N) is 2. The van der Waals surface area contributed by atoms with Crippen molar-refractivity contribution >= 4 is 38.8 Å². The van der Waals surface area contributed by atoms with Gasteiger partial charge in [-0.25, -0.2) is 13.1 Å². The van der Waals surface area contributed by atoms with E-state index < -0.39 is 10.0 Å². The number of nitrogens with two attached hydrogens (primary N) is 1. The van der Waals surface area contributed by atoms with Gasteiger partial charge in [-0.05, 0) is 5.56 Å². The zero-order chi connectivity index (χ0) is 15.6. The van der Waals surface area contributed by atoms with Gasteiger partial charge < -0.3 is 5.73 Å². The van der Waals surface area contributed by atoms with Crippen LogP contribution in [0.15, 0.2) is 35.5 Å². The first-order valence-electron chi connectivity index (χ1n) is 5.87. The largest absolute Gasteiger partial charge is 0.389 e. The molecule has 0 unspecified atom stereocenters. The number of aromatic nitrogens is 2. The molecule has 0 radical (unpaired) electrons. The highest BCUT2D eigenvalue weighted by Gasteiger charge is 2.22. The van der Waals surface area contributed by atoms with Crippen molar-refractivity contribution in [3.63, 3.8) is 0 Å². The Morgan fingerprint density at radius 2 is 2.05 bits per heavy atom. The molecule has 0 spiro atoms. The van der Waals surface area contributed by atoms with E-state index in [9.17, 15) is 8.42 Å². The van der Waals surface area contributed by atoms with E-state index in [-0.39, 0.29) is 16.6 Å². The number of halogens is 1. The topological polar surface area (TPSA) is 90.0 Å². The number of hydrogen-bond donors (Lipinski definition) is 2. The van der Waals surface area contributed by atoms with E-state index in [0.717, 1.165) is 11.1 Å². The highest BCUT2D eigenvalue weighted by Crippen LogP contribution is 2.19. The number of sulfonamides is 1. The molecular formula is C12H13ClN4O2S2. The fourth-order valence-corrected chi connectivity index (χ4v) is 3.54. The summed E-state index contributed by atoms with van der Waals surface area (Å²) in [6.07, 6.45) is 1.28. The second kappa shape index (κ2) is 6.10. The molecule has 0 aliphatic heterocycles. The van der Waals surface area contributed by atoms with Crippen LogP contribution in [0.4, 0.5) is 0 Å². The van der Waals surface area contributed by atoms with Crippen LogP contribution >= 0.6 is 23.8 Å². The fraction of sp³-hybridized carbons (Fsp3) is 0.167. The summed E-state index contributed by atoms with van der Waals surface area (Å²) in [7, 11) is -2.22. The summed E-state index contributed by atoms with van der Waals surface area (Å²) in [4.78, 5) is 0.295. The van der Waals surface area contributed by atoms with Gasteiger partial charge in [0.05, 0.1) is 11.2 Å². The Kier molecular flexibility index (Phi) is 4.62. The summed E-state index contributed by atoms with van der Waals surface area (Å²) >= 11 is 10.7. The van der Waals surface area contributed by atoms with Crippen molar-refractivity contribution in [1.29, 1.82) is 0 Å². The lowest BCUT2D eigenvalue weighted by Gasteiger charge is -2.08. The molecule has 1 aromatic carbocycles. The molecule has 0 saturated heterocycles. The van der Waals surface area contributed by atoms with E-state index in [1.807, 2.05) is 0 Å². The van der Waals surface area contributed by atoms with Crippen molar-refractivity contribution in [2.45, 2.75) is 11.6 Å². The van der Waals surface area contributed by atoms with Crippen LogP contribution in [-0.4, -0.2) is 23.2 Å². The minimum atomic E-state index is -3.73. The Morgan fingerprint density at radius 3 is 2.52 bits per heavy atom. The van der Waals surface area contributed by atoms with Crippen molar-refractivity contribution in [2.24, 2.45) is 12.8 Å². The molecule has 21 heavy (non-hydrogen) atoms. The van der Waals surface area contributed by atoms with Gasteiger partial charge in [0.15, 0.2) is 5.03 Å². The number of benzene rings is 1. The number of nitrogens with one attached hydrogen (secondary N) is 1. The van der Waals surface area contributed by atoms with E-state index in [0.29, 0.717) is 4.99 Å². The summed E-state index contributed by atoms with van der Waals surface area (Å²) in [5, 5.41) is 3.82.